The Bertz CT molecular complexity index is 796. The van der Waals surface area contributed by atoms with Crippen molar-refractivity contribution in [3.05, 3.63) is 46.1 Å². The second-order valence-electron chi connectivity index (χ2n) is 6.80. The standard InChI is InChI=1S/C20H26ClN3O3/c1-4-17-16(18(26-3)24(2)23-17)13-22-19(25)20(9-11-27-12-10-20)14-5-7-15(21)8-6-14/h5-8H,4,9-13H2,1-3H3,(H,22,25). The van der Waals surface area contributed by atoms with Gasteiger partial charge < -0.3 is 14.8 Å². The van der Waals surface area contributed by atoms with Crippen molar-refractivity contribution in [1.29, 1.82) is 0 Å². The highest BCUT2D eigenvalue weighted by Crippen LogP contribution is 2.36. The summed E-state index contributed by atoms with van der Waals surface area (Å²) in [6.45, 7) is 3.55. The van der Waals surface area contributed by atoms with Gasteiger partial charge in [0.1, 0.15) is 0 Å². The number of hydrogen-bond donors (Lipinski definition) is 1. The summed E-state index contributed by atoms with van der Waals surface area (Å²) in [7, 11) is 3.46. The Morgan fingerprint density at radius 1 is 1.33 bits per heavy atom. The molecule has 1 N–H and O–H groups in total. The number of amides is 1. The van der Waals surface area contributed by atoms with Crippen LogP contribution in [0.3, 0.4) is 0 Å². The van der Waals surface area contributed by atoms with Gasteiger partial charge >= 0.3 is 0 Å². The SMILES string of the molecule is CCc1nn(C)c(OC)c1CNC(=O)C1(c2ccc(Cl)cc2)CCOCC1. The van der Waals surface area contributed by atoms with Crippen molar-refractivity contribution in [2.24, 2.45) is 7.05 Å². The van der Waals surface area contributed by atoms with Gasteiger partial charge in [0, 0.05) is 31.8 Å². The lowest BCUT2D eigenvalue weighted by atomic mass is 9.73. The molecular formula is C20H26ClN3O3. The lowest BCUT2D eigenvalue weighted by molar-refractivity contribution is -0.130. The Kier molecular flexibility index (Phi) is 6.07. The van der Waals surface area contributed by atoms with E-state index in [0.717, 1.165) is 23.2 Å². The van der Waals surface area contributed by atoms with Gasteiger partial charge in [-0.05, 0) is 37.0 Å². The molecule has 0 bridgehead atoms. The van der Waals surface area contributed by atoms with Gasteiger partial charge in [0.05, 0.1) is 23.8 Å². The molecule has 1 aliphatic rings. The quantitative estimate of drug-likeness (QED) is 0.822. The topological polar surface area (TPSA) is 65.4 Å². The first kappa shape index (κ1) is 19.7. The van der Waals surface area contributed by atoms with E-state index in [4.69, 9.17) is 21.1 Å². The monoisotopic (exact) mass is 391 g/mol. The largest absolute Gasteiger partial charge is 0.481 e. The molecule has 3 rings (SSSR count). The van der Waals surface area contributed by atoms with Crippen LogP contribution in [0.5, 0.6) is 5.88 Å². The Hall–Kier alpha value is -2.05. The Morgan fingerprint density at radius 2 is 2.00 bits per heavy atom. The molecule has 1 fully saturated rings. The zero-order valence-corrected chi connectivity index (χ0v) is 16.8. The predicted octanol–water partition coefficient (Wildman–Crippen LogP) is 3.01. The third-order valence-corrected chi connectivity index (χ3v) is 5.55. The summed E-state index contributed by atoms with van der Waals surface area (Å²) >= 11 is 6.04. The van der Waals surface area contributed by atoms with E-state index in [1.807, 2.05) is 38.2 Å². The van der Waals surface area contributed by atoms with Crippen LogP contribution in [0.1, 0.15) is 36.6 Å². The normalized spacial score (nSPS) is 16.1. The number of nitrogens with zero attached hydrogens (tertiary/aromatic N) is 2. The summed E-state index contributed by atoms with van der Waals surface area (Å²) in [5.41, 5.74) is 2.22. The first-order valence-corrected chi connectivity index (χ1v) is 9.60. The van der Waals surface area contributed by atoms with Crippen LogP contribution in [0.4, 0.5) is 0 Å². The molecule has 1 aromatic carbocycles. The van der Waals surface area contributed by atoms with Gasteiger partial charge in [-0.15, -0.1) is 0 Å². The second kappa shape index (κ2) is 8.31. The number of rotatable bonds is 6. The van der Waals surface area contributed by atoms with Crippen molar-refractivity contribution in [2.45, 2.75) is 38.1 Å². The summed E-state index contributed by atoms with van der Waals surface area (Å²) in [6, 6.07) is 7.55. The van der Waals surface area contributed by atoms with Gasteiger partial charge in [-0.2, -0.15) is 5.10 Å². The summed E-state index contributed by atoms with van der Waals surface area (Å²) < 4.78 is 12.7. The van der Waals surface area contributed by atoms with E-state index in [1.54, 1.807) is 11.8 Å². The molecule has 2 heterocycles. The number of methoxy groups -OCH3 is 1. The van der Waals surface area contributed by atoms with Crippen molar-refractivity contribution in [2.75, 3.05) is 20.3 Å². The maximum absolute atomic E-state index is 13.3. The first-order valence-electron chi connectivity index (χ1n) is 9.22. The lowest BCUT2D eigenvalue weighted by Crippen LogP contribution is -2.47. The fraction of sp³-hybridized carbons (Fsp3) is 0.500. The Balaban J connectivity index is 1.85. The summed E-state index contributed by atoms with van der Waals surface area (Å²) in [5.74, 6) is 0.681. The van der Waals surface area contributed by atoms with Gasteiger partial charge in [0.2, 0.25) is 11.8 Å². The number of benzene rings is 1. The molecular weight excluding hydrogens is 366 g/mol. The molecule has 146 valence electrons. The summed E-state index contributed by atoms with van der Waals surface area (Å²) in [4.78, 5) is 13.3. The predicted molar refractivity (Wildman–Crippen MR) is 104 cm³/mol. The number of aromatic nitrogens is 2. The molecule has 0 spiro atoms. The minimum Gasteiger partial charge on any atom is -0.481 e. The van der Waals surface area contributed by atoms with Crippen molar-refractivity contribution < 1.29 is 14.3 Å². The van der Waals surface area contributed by atoms with Gasteiger partial charge in [-0.1, -0.05) is 30.7 Å². The van der Waals surface area contributed by atoms with E-state index < -0.39 is 5.41 Å². The number of carbonyl (C=O) groups is 1. The third-order valence-electron chi connectivity index (χ3n) is 5.30. The summed E-state index contributed by atoms with van der Waals surface area (Å²) in [5, 5.41) is 8.27. The molecule has 0 aliphatic carbocycles. The smallest absolute Gasteiger partial charge is 0.231 e. The molecule has 1 amide bonds. The molecule has 2 aromatic rings. The first-order chi connectivity index (χ1) is 13.0. The minimum atomic E-state index is -0.606. The Labute approximate surface area is 164 Å². The van der Waals surface area contributed by atoms with E-state index in [9.17, 15) is 4.79 Å². The number of carbonyl (C=O) groups excluding carboxylic acids is 1. The van der Waals surface area contributed by atoms with E-state index >= 15 is 0 Å². The average Bonchev–Trinajstić information content (AvgIpc) is 3.01. The van der Waals surface area contributed by atoms with E-state index in [0.29, 0.717) is 43.5 Å². The van der Waals surface area contributed by atoms with Crippen LogP contribution in [-0.4, -0.2) is 36.0 Å². The maximum atomic E-state index is 13.3. The average molecular weight is 392 g/mol. The van der Waals surface area contributed by atoms with Crippen molar-refractivity contribution in [3.63, 3.8) is 0 Å². The molecule has 6 nitrogen and oxygen atoms in total. The highest BCUT2D eigenvalue weighted by molar-refractivity contribution is 6.30. The lowest BCUT2D eigenvalue weighted by Gasteiger charge is -2.36. The van der Waals surface area contributed by atoms with Gasteiger partial charge in [-0.3, -0.25) is 4.79 Å². The molecule has 1 aliphatic heterocycles. The van der Waals surface area contributed by atoms with E-state index in [-0.39, 0.29) is 5.91 Å². The number of aryl methyl sites for hydroxylation is 2. The maximum Gasteiger partial charge on any atom is 0.231 e. The number of nitrogens with one attached hydrogen (secondary N) is 1. The molecule has 0 radical (unpaired) electrons. The number of ether oxygens (including phenoxy) is 2. The van der Waals surface area contributed by atoms with Crippen molar-refractivity contribution >= 4 is 17.5 Å². The van der Waals surface area contributed by atoms with E-state index in [2.05, 4.69) is 10.4 Å². The zero-order valence-electron chi connectivity index (χ0n) is 16.0. The van der Waals surface area contributed by atoms with Gasteiger partial charge in [-0.25, -0.2) is 4.68 Å². The van der Waals surface area contributed by atoms with E-state index in [1.165, 1.54) is 0 Å². The van der Waals surface area contributed by atoms with Crippen LogP contribution >= 0.6 is 11.6 Å². The van der Waals surface area contributed by atoms with Gasteiger partial charge in [0.15, 0.2) is 0 Å². The highest BCUT2D eigenvalue weighted by Gasteiger charge is 2.41. The van der Waals surface area contributed by atoms with Crippen LogP contribution in [0, 0.1) is 0 Å². The molecule has 1 aromatic heterocycles. The Morgan fingerprint density at radius 3 is 2.59 bits per heavy atom. The fourth-order valence-corrected chi connectivity index (χ4v) is 3.92. The molecule has 0 unspecified atom stereocenters. The van der Waals surface area contributed by atoms with Crippen molar-refractivity contribution in [1.82, 2.24) is 15.1 Å². The second-order valence-corrected chi connectivity index (χ2v) is 7.23. The molecule has 27 heavy (non-hydrogen) atoms. The van der Waals surface area contributed by atoms with Crippen molar-refractivity contribution in [3.8, 4) is 5.88 Å². The van der Waals surface area contributed by atoms with Crippen LogP contribution < -0.4 is 10.1 Å². The van der Waals surface area contributed by atoms with Crippen LogP contribution in [0.15, 0.2) is 24.3 Å². The zero-order chi connectivity index (χ0) is 19.4. The third kappa shape index (κ3) is 3.82. The molecule has 7 heteroatoms. The summed E-state index contributed by atoms with van der Waals surface area (Å²) in [6.07, 6.45) is 2.06. The van der Waals surface area contributed by atoms with Crippen LogP contribution in [-0.2, 0) is 35.0 Å². The molecule has 0 saturated carbocycles. The number of halogens is 1. The number of hydrogen-bond acceptors (Lipinski definition) is 4. The van der Waals surface area contributed by atoms with Crippen LogP contribution in [0.2, 0.25) is 5.02 Å². The van der Waals surface area contributed by atoms with Gasteiger partial charge in [0.25, 0.3) is 0 Å². The fourth-order valence-electron chi connectivity index (χ4n) is 3.80. The minimum absolute atomic E-state index is 0.00100. The van der Waals surface area contributed by atoms with Crippen LogP contribution in [0.25, 0.3) is 0 Å². The molecule has 1 saturated heterocycles. The molecule has 0 atom stereocenters. The highest BCUT2D eigenvalue weighted by atomic mass is 35.5.